The van der Waals surface area contributed by atoms with E-state index in [1.54, 1.807) is 9.36 Å². The van der Waals surface area contributed by atoms with Crippen molar-refractivity contribution in [1.29, 1.82) is 0 Å². The van der Waals surface area contributed by atoms with E-state index in [1.807, 2.05) is 39.1 Å². The fourth-order valence-electron chi connectivity index (χ4n) is 1.78. The van der Waals surface area contributed by atoms with E-state index in [0.717, 1.165) is 21.4 Å². The fourth-order valence-corrected chi connectivity index (χ4v) is 2.45. The van der Waals surface area contributed by atoms with Gasteiger partial charge in [0.25, 0.3) is 5.56 Å². The molecule has 0 fully saturated rings. The van der Waals surface area contributed by atoms with Crippen molar-refractivity contribution >= 4 is 21.6 Å². The Labute approximate surface area is 108 Å². The van der Waals surface area contributed by atoms with E-state index in [0.29, 0.717) is 5.69 Å². The maximum Gasteiger partial charge on any atom is 0.294 e. The molecule has 0 saturated heterocycles. The lowest BCUT2D eigenvalue weighted by Crippen LogP contribution is -2.21. The number of rotatable bonds is 1. The molecule has 5 heteroatoms. The molecule has 0 unspecified atom stereocenters. The van der Waals surface area contributed by atoms with Gasteiger partial charge in [0.1, 0.15) is 5.69 Å². The van der Waals surface area contributed by atoms with Crippen molar-refractivity contribution in [1.82, 2.24) is 9.36 Å². The number of anilines is 1. The van der Waals surface area contributed by atoms with E-state index in [-0.39, 0.29) is 5.56 Å². The predicted molar refractivity (Wildman–Crippen MR) is 72.6 cm³/mol. The summed E-state index contributed by atoms with van der Waals surface area (Å²) in [5.41, 5.74) is 8.55. The predicted octanol–water partition coefficient (Wildman–Crippen LogP) is 2.14. The van der Waals surface area contributed by atoms with Gasteiger partial charge in [-0.05, 0) is 47.5 Å². The van der Waals surface area contributed by atoms with Gasteiger partial charge in [0.05, 0.1) is 11.4 Å². The Balaban J connectivity index is 2.78. The summed E-state index contributed by atoms with van der Waals surface area (Å²) in [7, 11) is 1.82. The molecular formula is C12H14BrN3O. The first-order chi connectivity index (χ1) is 7.93. The van der Waals surface area contributed by atoms with Gasteiger partial charge in [0.2, 0.25) is 0 Å². The molecule has 0 bridgehead atoms. The third kappa shape index (κ3) is 1.80. The lowest BCUT2D eigenvalue weighted by molar-refractivity contribution is 0.628. The number of benzene rings is 1. The molecule has 4 nitrogen and oxygen atoms in total. The summed E-state index contributed by atoms with van der Waals surface area (Å²) >= 11 is 3.47. The van der Waals surface area contributed by atoms with E-state index >= 15 is 0 Å². The van der Waals surface area contributed by atoms with Crippen LogP contribution in [-0.4, -0.2) is 9.36 Å². The summed E-state index contributed by atoms with van der Waals surface area (Å²) in [5, 5.41) is 0. The Morgan fingerprint density at radius 2 is 1.94 bits per heavy atom. The number of aryl methyl sites for hydroxylation is 1. The number of halogens is 1. The van der Waals surface area contributed by atoms with Crippen LogP contribution in [0, 0.1) is 13.8 Å². The zero-order valence-corrected chi connectivity index (χ0v) is 11.6. The highest BCUT2D eigenvalue weighted by atomic mass is 79.9. The Hall–Kier alpha value is -1.49. The molecular weight excluding hydrogens is 282 g/mol. The summed E-state index contributed by atoms with van der Waals surface area (Å²) in [5.74, 6) is 0. The Bertz CT molecular complexity index is 640. The zero-order valence-electron chi connectivity index (χ0n) is 9.99. The van der Waals surface area contributed by atoms with Crippen molar-refractivity contribution < 1.29 is 0 Å². The number of nitrogens with zero attached hydrogens (tertiary/aromatic N) is 2. The largest absolute Gasteiger partial charge is 0.393 e. The van der Waals surface area contributed by atoms with Gasteiger partial charge >= 0.3 is 0 Å². The summed E-state index contributed by atoms with van der Waals surface area (Å²) in [6.45, 7) is 3.83. The minimum atomic E-state index is -0.186. The van der Waals surface area contributed by atoms with Gasteiger partial charge in [0.15, 0.2) is 0 Å². The Morgan fingerprint density at radius 1 is 1.29 bits per heavy atom. The van der Waals surface area contributed by atoms with Crippen LogP contribution in [0.2, 0.25) is 0 Å². The second kappa shape index (κ2) is 4.07. The van der Waals surface area contributed by atoms with E-state index in [9.17, 15) is 4.79 Å². The monoisotopic (exact) mass is 295 g/mol. The van der Waals surface area contributed by atoms with Gasteiger partial charge in [-0.25, -0.2) is 4.68 Å². The van der Waals surface area contributed by atoms with E-state index in [2.05, 4.69) is 15.9 Å². The Kier molecular flexibility index (Phi) is 2.87. The SMILES string of the molecule is Cc1ccc(-n2c(=O)c(N)c(C)n2C)c(Br)c1. The summed E-state index contributed by atoms with van der Waals surface area (Å²) in [6.07, 6.45) is 0. The van der Waals surface area contributed by atoms with Crippen molar-refractivity contribution in [3.8, 4) is 5.69 Å². The Morgan fingerprint density at radius 3 is 2.41 bits per heavy atom. The first kappa shape index (κ1) is 12.0. The van der Waals surface area contributed by atoms with Crippen LogP contribution < -0.4 is 11.3 Å². The molecule has 0 aliphatic carbocycles. The smallest absolute Gasteiger partial charge is 0.294 e. The molecule has 0 aliphatic rings. The van der Waals surface area contributed by atoms with Gasteiger partial charge in [0, 0.05) is 11.5 Å². The lowest BCUT2D eigenvalue weighted by atomic mass is 10.2. The minimum Gasteiger partial charge on any atom is -0.393 e. The molecule has 0 saturated carbocycles. The third-order valence-corrected chi connectivity index (χ3v) is 3.56. The van der Waals surface area contributed by atoms with Gasteiger partial charge in [-0.15, -0.1) is 0 Å². The molecule has 90 valence electrons. The number of nitrogen functional groups attached to an aromatic ring is 1. The summed E-state index contributed by atoms with van der Waals surface area (Å²) < 4.78 is 4.20. The molecule has 0 spiro atoms. The van der Waals surface area contributed by atoms with Crippen molar-refractivity contribution in [3.05, 3.63) is 44.3 Å². The fraction of sp³-hybridized carbons (Fsp3) is 0.250. The molecule has 1 heterocycles. The van der Waals surface area contributed by atoms with Crippen molar-refractivity contribution in [2.45, 2.75) is 13.8 Å². The normalized spacial score (nSPS) is 10.8. The number of hydrogen-bond acceptors (Lipinski definition) is 2. The average molecular weight is 296 g/mol. The maximum absolute atomic E-state index is 12.0. The number of hydrogen-bond donors (Lipinski definition) is 1. The summed E-state index contributed by atoms with van der Waals surface area (Å²) in [6, 6.07) is 5.84. The van der Waals surface area contributed by atoms with E-state index < -0.39 is 0 Å². The first-order valence-electron chi connectivity index (χ1n) is 5.24. The van der Waals surface area contributed by atoms with E-state index in [1.165, 1.54) is 0 Å². The van der Waals surface area contributed by atoms with Crippen LogP contribution in [0.4, 0.5) is 5.69 Å². The molecule has 2 N–H and O–H groups in total. The summed E-state index contributed by atoms with van der Waals surface area (Å²) in [4.78, 5) is 12.0. The highest BCUT2D eigenvalue weighted by Crippen LogP contribution is 2.22. The topological polar surface area (TPSA) is 52.9 Å². The molecule has 2 rings (SSSR count). The number of nitrogens with two attached hydrogens (primary N) is 1. The van der Waals surface area contributed by atoms with Gasteiger partial charge in [-0.2, -0.15) is 0 Å². The van der Waals surface area contributed by atoms with Crippen LogP contribution >= 0.6 is 15.9 Å². The van der Waals surface area contributed by atoms with Gasteiger partial charge in [-0.3, -0.25) is 9.48 Å². The highest BCUT2D eigenvalue weighted by molar-refractivity contribution is 9.10. The minimum absolute atomic E-state index is 0.186. The van der Waals surface area contributed by atoms with Crippen LogP contribution in [0.3, 0.4) is 0 Å². The van der Waals surface area contributed by atoms with Crippen LogP contribution in [0.15, 0.2) is 27.5 Å². The van der Waals surface area contributed by atoms with Crippen LogP contribution in [0.5, 0.6) is 0 Å². The van der Waals surface area contributed by atoms with Crippen LogP contribution in [0.1, 0.15) is 11.3 Å². The third-order valence-electron chi connectivity index (χ3n) is 2.93. The number of aromatic nitrogens is 2. The van der Waals surface area contributed by atoms with Gasteiger partial charge in [-0.1, -0.05) is 6.07 Å². The molecule has 1 aromatic heterocycles. The van der Waals surface area contributed by atoms with E-state index in [4.69, 9.17) is 5.73 Å². The molecule has 0 aliphatic heterocycles. The van der Waals surface area contributed by atoms with Crippen LogP contribution in [0.25, 0.3) is 5.69 Å². The molecule has 0 amide bonds. The quantitative estimate of drug-likeness (QED) is 0.876. The average Bonchev–Trinajstić information content (AvgIpc) is 2.45. The van der Waals surface area contributed by atoms with Crippen molar-refractivity contribution in [2.75, 3.05) is 5.73 Å². The van der Waals surface area contributed by atoms with Crippen LogP contribution in [-0.2, 0) is 7.05 Å². The second-order valence-electron chi connectivity index (χ2n) is 4.09. The van der Waals surface area contributed by atoms with Gasteiger partial charge < -0.3 is 5.73 Å². The van der Waals surface area contributed by atoms with Crippen molar-refractivity contribution in [2.24, 2.45) is 7.05 Å². The standard InChI is InChI=1S/C12H14BrN3O/c1-7-4-5-10(9(13)6-7)16-12(17)11(14)8(2)15(16)3/h4-6H,14H2,1-3H3. The molecule has 2 aromatic rings. The lowest BCUT2D eigenvalue weighted by Gasteiger charge is -2.10. The first-order valence-corrected chi connectivity index (χ1v) is 6.03. The molecule has 0 radical (unpaired) electrons. The maximum atomic E-state index is 12.0. The second-order valence-corrected chi connectivity index (χ2v) is 4.95. The highest BCUT2D eigenvalue weighted by Gasteiger charge is 2.14. The zero-order chi connectivity index (χ0) is 12.7. The molecule has 1 aromatic carbocycles. The molecule has 17 heavy (non-hydrogen) atoms. The van der Waals surface area contributed by atoms with Crippen molar-refractivity contribution in [3.63, 3.8) is 0 Å². The molecule has 0 atom stereocenters.